The Labute approximate surface area is 344 Å². The van der Waals surface area contributed by atoms with Crippen LogP contribution in [0.3, 0.4) is 0 Å². The number of esters is 5. The van der Waals surface area contributed by atoms with E-state index in [0.717, 1.165) is 0 Å². The van der Waals surface area contributed by atoms with Crippen molar-refractivity contribution in [2.24, 2.45) is 0 Å². The molecular formula is C46H40O14. The minimum atomic E-state index is -1.81. The second kappa shape index (κ2) is 19.4. The lowest BCUT2D eigenvalue weighted by molar-refractivity contribution is -0.338. The van der Waals surface area contributed by atoms with Crippen LogP contribution in [0.15, 0.2) is 152 Å². The molecule has 60 heavy (non-hydrogen) atoms. The molecule has 14 nitrogen and oxygen atoms in total. The highest BCUT2D eigenvalue weighted by Gasteiger charge is 2.55. The van der Waals surface area contributed by atoms with E-state index >= 15 is 0 Å². The summed E-state index contributed by atoms with van der Waals surface area (Å²) < 4.78 is 48.3. The Hall–Kier alpha value is -6.71. The number of hydrogen-bond acceptors (Lipinski definition) is 14. The second-order valence-electron chi connectivity index (χ2n) is 13.8. The fourth-order valence-corrected chi connectivity index (χ4v) is 6.65. The topological polar surface area (TPSA) is 179 Å². The Morgan fingerprint density at radius 2 is 0.783 bits per heavy atom. The van der Waals surface area contributed by atoms with Crippen molar-refractivity contribution >= 4 is 29.8 Å². The number of aliphatic hydroxyl groups excluding tert-OH is 1. The molecule has 14 heteroatoms. The number of rotatable bonds is 12. The molecule has 0 aromatic heterocycles. The van der Waals surface area contributed by atoms with Gasteiger partial charge in [0.15, 0.2) is 43.1 Å². The summed E-state index contributed by atoms with van der Waals surface area (Å²) in [7, 11) is 0. The van der Waals surface area contributed by atoms with Gasteiger partial charge in [0.1, 0.15) is 6.10 Å². The smallest absolute Gasteiger partial charge is 0.338 e. The fraction of sp³-hybridized carbons (Fsp3) is 0.239. The summed E-state index contributed by atoms with van der Waals surface area (Å²) >= 11 is 0. The minimum Gasteiger partial charge on any atom is -0.453 e. The van der Waals surface area contributed by atoms with Crippen molar-refractivity contribution in [3.63, 3.8) is 0 Å². The van der Waals surface area contributed by atoms with Gasteiger partial charge in [0.05, 0.1) is 40.5 Å². The first-order valence-electron chi connectivity index (χ1n) is 19.1. The van der Waals surface area contributed by atoms with Crippen LogP contribution in [0.1, 0.15) is 58.7 Å². The maximum Gasteiger partial charge on any atom is 0.338 e. The van der Waals surface area contributed by atoms with Crippen molar-refractivity contribution in [3.8, 4) is 0 Å². The molecule has 0 aliphatic carbocycles. The van der Waals surface area contributed by atoms with Gasteiger partial charge in [-0.15, -0.1) is 0 Å². The molecule has 2 heterocycles. The summed E-state index contributed by atoms with van der Waals surface area (Å²) in [6.07, 6.45) is -14.0. The molecule has 0 amide bonds. The first kappa shape index (κ1) is 41.4. The van der Waals surface area contributed by atoms with E-state index in [-0.39, 0.29) is 27.8 Å². The van der Waals surface area contributed by atoms with Crippen molar-refractivity contribution in [2.45, 2.75) is 62.2 Å². The quantitative estimate of drug-likeness (QED) is 0.122. The predicted octanol–water partition coefficient (Wildman–Crippen LogP) is 5.59. The number of carbonyl (C=O) groups excluding carboxylic acids is 5. The molecule has 0 unspecified atom stereocenters. The van der Waals surface area contributed by atoms with Gasteiger partial charge in [0.2, 0.25) is 0 Å². The summed E-state index contributed by atoms with van der Waals surface area (Å²) in [5, 5.41) is 11.2. The Balaban J connectivity index is 1.28. The molecule has 0 radical (unpaired) electrons. The number of aliphatic hydroxyl groups is 1. The molecule has 308 valence electrons. The first-order valence-corrected chi connectivity index (χ1v) is 19.1. The summed E-state index contributed by atoms with van der Waals surface area (Å²) in [4.78, 5) is 68.2. The lowest BCUT2D eigenvalue weighted by Crippen LogP contribution is -2.64. The Morgan fingerprint density at radius 1 is 0.450 bits per heavy atom. The number of hydrogen-bond donors (Lipinski definition) is 1. The van der Waals surface area contributed by atoms with E-state index in [0.29, 0.717) is 0 Å². The predicted molar refractivity (Wildman–Crippen MR) is 209 cm³/mol. The van der Waals surface area contributed by atoms with E-state index in [2.05, 4.69) is 0 Å². The molecule has 0 bridgehead atoms. The maximum absolute atomic E-state index is 13.9. The molecule has 2 aliphatic rings. The average molecular weight is 817 g/mol. The summed E-state index contributed by atoms with van der Waals surface area (Å²) in [6.45, 7) is 1.08. The molecule has 7 rings (SSSR count). The fourth-order valence-electron chi connectivity index (χ4n) is 6.65. The molecule has 1 N–H and O–H groups in total. The number of ether oxygens (including phenoxy) is 8. The van der Waals surface area contributed by atoms with Crippen LogP contribution in [0.4, 0.5) is 0 Å². The third kappa shape index (κ3) is 9.93. The van der Waals surface area contributed by atoms with Gasteiger partial charge in [-0.1, -0.05) is 91.0 Å². The van der Waals surface area contributed by atoms with Crippen LogP contribution in [-0.2, 0) is 37.9 Å². The second-order valence-corrected chi connectivity index (χ2v) is 13.8. The molecule has 2 fully saturated rings. The highest BCUT2D eigenvalue weighted by molar-refractivity contribution is 5.92. The van der Waals surface area contributed by atoms with Crippen molar-refractivity contribution in [1.29, 1.82) is 0 Å². The van der Waals surface area contributed by atoms with Gasteiger partial charge in [-0.25, -0.2) is 24.0 Å². The lowest BCUT2D eigenvalue weighted by atomic mass is 9.97. The highest BCUT2D eigenvalue weighted by Crippen LogP contribution is 2.34. The van der Waals surface area contributed by atoms with Crippen LogP contribution < -0.4 is 0 Å². The molecule has 5 aromatic carbocycles. The van der Waals surface area contributed by atoms with Crippen LogP contribution in [0, 0.1) is 0 Å². The summed E-state index contributed by atoms with van der Waals surface area (Å²) in [5.41, 5.74) is 0.708. The molecule has 0 saturated carbocycles. The van der Waals surface area contributed by atoms with Gasteiger partial charge in [0.25, 0.3) is 0 Å². The van der Waals surface area contributed by atoms with Gasteiger partial charge in [-0.2, -0.15) is 0 Å². The Bertz CT molecular complexity index is 2220. The molecule has 2 aliphatic heterocycles. The van der Waals surface area contributed by atoms with Crippen LogP contribution in [0.25, 0.3) is 0 Å². The van der Waals surface area contributed by atoms with Gasteiger partial charge in [-0.05, 0) is 67.6 Å². The van der Waals surface area contributed by atoms with E-state index in [1.165, 1.54) is 67.6 Å². The van der Waals surface area contributed by atoms with Gasteiger partial charge in [0, 0.05) is 0 Å². The monoisotopic (exact) mass is 816 g/mol. The molecule has 9 atom stereocenters. The zero-order valence-electron chi connectivity index (χ0n) is 32.1. The van der Waals surface area contributed by atoms with Crippen LogP contribution in [0.2, 0.25) is 0 Å². The van der Waals surface area contributed by atoms with Crippen LogP contribution in [0.5, 0.6) is 0 Å². The third-order valence-electron chi connectivity index (χ3n) is 9.70. The molecule has 2 saturated heterocycles. The normalized spacial score (nSPS) is 24.9. The van der Waals surface area contributed by atoms with E-state index < -0.39 is 91.8 Å². The van der Waals surface area contributed by atoms with Crippen molar-refractivity contribution in [3.05, 3.63) is 179 Å². The van der Waals surface area contributed by atoms with E-state index in [1.807, 2.05) is 0 Å². The van der Waals surface area contributed by atoms with E-state index in [9.17, 15) is 29.1 Å². The molecular weight excluding hydrogens is 776 g/mol. The van der Waals surface area contributed by atoms with Crippen molar-refractivity contribution in [1.82, 2.24) is 0 Å². The molecule has 5 aromatic rings. The number of benzene rings is 5. The standard InChI is InChI=1S/C46H40O14/c1-28-35(56-41(48)30-19-9-3-10-20-30)37(57-42(49)31-21-11-4-12-22-31)39(59-44(51)33-25-15-6-16-26-33)46(54-28)60-36-34(55-40(47)29-17-7-2-8-18-29)27-53-45(52)38(36)58-43(50)32-23-13-5-14-24-32/h2-26,28,34-39,45-46,52H,27H2,1H3/t28-,34-,35-,36-,37+,38+,39+,45-,46-/m0/s1. The first-order chi connectivity index (χ1) is 29.2. The zero-order valence-corrected chi connectivity index (χ0v) is 32.1. The lowest BCUT2D eigenvalue weighted by Gasteiger charge is -2.46. The van der Waals surface area contributed by atoms with Crippen LogP contribution in [-0.4, -0.2) is 96.9 Å². The zero-order chi connectivity index (χ0) is 42.0. The van der Waals surface area contributed by atoms with Gasteiger partial charge >= 0.3 is 29.8 Å². The molecule has 0 spiro atoms. The van der Waals surface area contributed by atoms with E-state index in [1.54, 1.807) is 91.0 Å². The Morgan fingerprint density at radius 3 is 1.18 bits per heavy atom. The van der Waals surface area contributed by atoms with Crippen LogP contribution >= 0.6 is 0 Å². The maximum atomic E-state index is 13.9. The van der Waals surface area contributed by atoms with Gasteiger partial charge in [-0.3, -0.25) is 0 Å². The van der Waals surface area contributed by atoms with Crippen molar-refractivity contribution < 1.29 is 67.0 Å². The Kier molecular flexibility index (Phi) is 13.4. The van der Waals surface area contributed by atoms with Crippen molar-refractivity contribution in [2.75, 3.05) is 6.61 Å². The third-order valence-corrected chi connectivity index (χ3v) is 9.70. The summed E-state index contributed by atoms with van der Waals surface area (Å²) in [6, 6.07) is 39.9. The van der Waals surface area contributed by atoms with Gasteiger partial charge < -0.3 is 43.0 Å². The highest BCUT2D eigenvalue weighted by atomic mass is 16.8. The average Bonchev–Trinajstić information content (AvgIpc) is 3.29. The van der Waals surface area contributed by atoms with E-state index in [4.69, 9.17) is 37.9 Å². The SMILES string of the molecule is C[C@@H]1O[C@@H](O[C@@H]2[C@@H](OC(=O)c3ccccc3)[C@@H](O)OC[C@@H]2OC(=O)c2ccccc2)[C@H](OC(=O)c2ccccc2)[C@H](OC(=O)c2ccccc2)[C@H]1OC(=O)c1ccccc1. The number of carbonyl (C=O) groups is 5. The minimum absolute atomic E-state index is 0.103. The summed E-state index contributed by atoms with van der Waals surface area (Å²) in [5.74, 6) is -4.22. The largest absolute Gasteiger partial charge is 0.453 e.